The second-order valence-electron chi connectivity index (χ2n) is 5.25. The standard InChI is InChI=1S/C17H13F3N2O2S/c18-17(19,20)10-24-9-11-5-7-12(8-6-11)15(23)22-16-21-13-3-1-2-4-14(13)25-16/h1-8H,9-10H2,(H,21,22,23). The van der Waals surface area contributed by atoms with Crippen molar-refractivity contribution in [1.29, 1.82) is 0 Å². The molecule has 3 rings (SSSR count). The van der Waals surface area contributed by atoms with E-state index in [0.29, 0.717) is 16.3 Å². The molecule has 1 N–H and O–H groups in total. The molecule has 0 radical (unpaired) electrons. The molecule has 8 heteroatoms. The minimum atomic E-state index is -4.35. The number of thiazole rings is 1. The van der Waals surface area contributed by atoms with Crippen molar-refractivity contribution in [2.24, 2.45) is 0 Å². The molecule has 25 heavy (non-hydrogen) atoms. The Morgan fingerprint density at radius 1 is 1.12 bits per heavy atom. The van der Waals surface area contributed by atoms with E-state index in [1.165, 1.54) is 23.5 Å². The molecular weight excluding hydrogens is 353 g/mol. The third kappa shape index (κ3) is 4.77. The van der Waals surface area contributed by atoms with Gasteiger partial charge in [-0.15, -0.1) is 0 Å². The molecule has 0 saturated heterocycles. The van der Waals surface area contributed by atoms with Gasteiger partial charge in [-0.3, -0.25) is 10.1 Å². The summed E-state index contributed by atoms with van der Waals surface area (Å²) in [6.07, 6.45) is -4.35. The Morgan fingerprint density at radius 3 is 2.52 bits per heavy atom. The molecule has 1 aromatic heterocycles. The molecule has 0 aliphatic rings. The van der Waals surface area contributed by atoms with Gasteiger partial charge in [0, 0.05) is 5.56 Å². The van der Waals surface area contributed by atoms with Crippen LogP contribution < -0.4 is 5.32 Å². The summed E-state index contributed by atoms with van der Waals surface area (Å²) in [6, 6.07) is 13.7. The number of amides is 1. The summed E-state index contributed by atoms with van der Waals surface area (Å²) in [5.74, 6) is -0.332. The van der Waals surface area contributed by atoms with Crippen LogP contribution in [0.1, 0.15) is 15.9 Å². The number of nitrogens with one attached hydrogen (secondary N) is 1. The molecule has 0 aliphatic heterocycles. The van der Waals surface area contributed by atoms with Crippen molar-refractivity contribution in [1.82, 2.24) is 4.98 Å². The van der Waals surface area contributed by atoms with Gasteiger partial charge in [-0.2, -0.15) is 13.2 Å². The maximum Gasteiger partial charge on any atom is 0.411 e. The second-order valence-corrected chi connectivity index (χ2v) is 6.28. The lowest BCUT2D eigenvalue weighted by atomic mass is 10.1. The third-order valence-electron chi connectivity index (χ3n) is 3.26. The number of hydrogen-bond acceptors (Lipinski definition) is 4. The fourth-order valence-corrected chi connectivity index (χ4v) is 2.99. The van der Waals surface area contributed by atoms with Crippen LogP contribution in [0, 0.1) is 0 Å². The van der Waals surface area contributed by atoms with E-state index in [9.17, 15) is 18.0 Å². The van der Waals surface area contributed by atoms with Crippen molar-refractivity contribution in [3.05, 3.63) is 59.7 Å². The van der Waals surface area contributed by atoms with Crippen LogP contribution in [-0.4, -0.2) is 23.7 Å². The Bertz CT molecular complexity index is 842. The number of nitrogens with zero attached hydrogens (tertiary/aromatic N) is 1. The van der Waals surface area contributed by atoms with Crippen LogP contribution in [-0.2, 0) is 11.3 Å². The summed E-state index contributed by atoms with van der Waals surface area (Å²) in [4.78, 5) is 16.5. The van der Waals surface area contributed by atoms with Gasteiger partial charge in [0.05, 0.1) is 16.8 Å². The van der Waals surface area contributed by atoms with E-state index in [0.717, 1.165) is 10.2 Å². The highest BCUT2D eigenvalue weighted by atomic mass is 32.1. The number of anilines is 1. The summed E-state index contributed by atoms with van der Waals surface area (Å²) in [5.41, 5.74) is 1.75. The lowest BCUT2D eigenvalue weighted by Crippen LogP contribution is -2.16. The predicted molar refractivity (Wildman–Crippen MR) is 89.7 cm³/mol. The summed E-state index contributed by atoms with van der Waals surface area (Å²) in [6.45, 7) is -1.47. The molecule has 3 aromatic rings. The van der Waals surface area contributed by atoms with Crippen LogP contribution in [0.15, 0.2) is 48.5 Å². The SMILES string of the molecule is O=C(Nc1nc2ccccc2s1)c1ccc(COCC(F)(F)F)cc1. The number of fused-ring (bicyclic) bond motifs is 1. The number of benzene rings is 2. The van der Waals surface area contributed by atoms with Crippen LogP contribution in [0.3, 0.4) is 0 Å². The highest BCUT2D eigenvalue weighted by molar-refractivity contribution is 7.22. The van der Waals surface area contributed by atoms with Crippen molar-refractivity contribution in [2.45, 2.75) is 12.8 Å². The highest BCUT2D eigenvalue weighted by Crippen LogP contribution is 2.25. The Labute approximate surface area is 145 Å². The Morgan fingerprint density at radius 2 is 1.84 bits per heavy atom. The van der Waals surface area contributed by atoms with Gasteiger partial charge in [-0.1, -0.05) is 35.6 Å². The van der Waals surface area contributed by atoms with E-state index < -0.39 is 12.8 Å². The maximum absolute atomic E-state index is 12.2. The Kier molecular flexibility index (Phi) is 5.00. The van der Waals surface area contributed by atoms with Gasteiger partial charge >= 0.3 is 6.18 Å². The molecule has 1 heterocycles. The summed E-state index contributed by atoms with van der Waals surface area (Å²) in [5, 5.41) is 3.21. The molecule has 0 spiro atoms. The molecular formula is C17H13F3N2O2S. The number of carbonyl (C=O) groups excluding carboxylic acids is 1. The van der Waals surface area contributed by atoms with Gasteiger partial charge in [-0.05, 0) is 29.8 Å². The predicted octanol–water partition coefficient (Wildman–Crippen LogP) is 4.63. The Balaban J connectivity index is 1.60. The zero-order valence-electron chi connectivity index (χ0n) is 12.8. The number of alkyl halides is 3. The molecule has 130 valence electrons. The molecule has 1 amide bonds. The lowest BCUT2D eigenvalue weighted by Gasteiger charge is -2.08. The van der Waals surface area contributed by atoms with Crippen LogP contribution in [0.2, 0.25) is 0 Å². The van der Waals surface area contributed by atoms with E-state index in [2.05, 4.69) is 15.0 Å². The lowest BCUT2D eigenvalue weighted by molar-refractivity contribution is -0.176. The number of aromatic nitrogens is 1. The van der Waals surface area contributed by atoms with Crippen molar-refractivity contribution in [3.8, 4) is 0 Å². The maximum atomic E-state index is 12.2. The minimum absolute atomic E-state index is 0.167. The first-order valence-corrected chi connectivity index (χ1v) is 8.13. The summed E-state index contributed by atoms with van der Waals surface area (Å²) in [7, 11) is 0. The largest absolute Gasteiger partial charge is 0.411 e. The van der Waals surface area contributed by atoms with Gasteiger partial charge < -0.3 is 4.74 Å². The fourth-order valence-electron chi connectivity index (χ4n) is 2.13. The van der Waals surface area contributed by atoms with Crippen molar-refractivity contribution in [2.75, 3.05) is 11.9 Å². The van der Waals surface area contributed by atoms with E-state index >= 15 is 0 Å². The first-order chi connectivity index (χ1) is 11.9. The van der Waals surface area contributed by atoms with Gasteiger partial charge in [0.2, 0.25) is 0 Å². The van der Waals surface area contributed by atoms with Crippen LogP contribution >= 0.6 is 11.3 Å². The van der Waals surface area contributed by atoms with Crippen molar-refractivity contribution in [3.63, 3.8) is 0 Å². The molecule has 0 fully saturated rings. The number of ether oxygens (including phenoxy) is 1. The van der Waals surface area contributed by atoms with Gasteiger partial charge in [0.25, 0.3) is 5.91 Å². The topological polar surface area (TPSA) is 51.2 Å². The summed E-state index contributed by atoms with van der Waals surface area (Å²) < 4.78 is 41.6. The molecule has 0 atom stereocenters. The molecule has 4 nitrogen and oxygen atoms in total. The minimum Gasteiger partial charge on any atom is -0.367 e. The molecule has 0 aliphatic carbocycles. The normalized spacial score (nSPS) is 11.6. The monoisotopic (exact) mass is 366 g/mol. The van der Waals surface area contributed by atoms with Crippen molar-refractivity contribution >= 4 is 32.6 Å². The highest BCUT2D eigenvalue weighted by Gasteiger charge is 2.27. The van der Waals surface area contributed by atoms with Gasteiger partial charge in [-0.25, -0.2) is 4.98 Å². The second kappa shape index (κ2) is 7.20. The molecule has 0 bridgehead atoms. The van der Waals surface area contributed by atoms with Gasteiger partial charge in [0.1, 0.15) is 6.61 Å². The third-order valence-corrected chi connectivity index (χ3v) is 4.22. The average Bonchev–Trinajstić information content (AvgIpc) is 2.96. The first-order valence-electron chi connectivity index (χ1n) is 7.31. The number of carbonyl (C=O) groups is 1. The smallest absolute Gasteiger partial charge is 0.367 e. The van der Waals surface area contributed by atoms with E-state index in [4.69, 9.17) is 0 Å². The fraction of sp³-hybridized carbons (Fsp3) is 0.176. The average molecular weight is 366 g/mol. The van der Waals surface area contributed by atoms with Crippen LogP contribution in [0.5, 0.6) is 0 Å². The summed E-state index contributed by atoms with van der Waals surface area (Å²) >= 11 is 1.37. The molecule has 0 unspecified atom stereocenters. The number of para-hydroxylation sites is 1. The Hall–Kier alpha value is -2.45. The quantitative estimate of drug-likeness (QED) is 0.716. The first kappa shape index (κ1) is 17.4. The van der Waals surface area contributed by atoms with E-state index in [1.54, 1.807) is 12.1 Å². The zero-order valence-corrected chi connectivity index (χ0v) is 13.7. The van der Waals surface area contributed by atoms with Crippen molar-refractivity contribution < 1.29 is 22.7 Å². The number of halogens is 3. The number of rotatable bonds is 5. The van der Waals surface area contributed by atoms with E-state index in [-0.39, 0.29) is 12.5 Å². The van der Waals surface area contributed by atoms with Crippen LogP contribution in [0.4, 0.5) is 18.3 Å². The molecule has 0 saturated carbocycles. The molecule has 2 aromatic carbocycles. The zero-order chi connectivity index (χ0) is 17.9. The number of hydrogen-bond donors (Lipinski definition) is 1. The van der Waals surface area contributed by atoms with Gasteiger partial charge in [0.15, 0.2) is 5.13 Å². The van der Waals surface area contributed by atoms with Crippen LogP contribution in [0.25, 0.3) is 10.2 Å². The van der Waals surface area contributed by atoms with E-state index in [1.807, 2.05) is 24.3 Å².